The molecule has 20 rings (SSSR count). The number of fused-ring (bicyclic) bond motifs is 14. The molecule has 0 radical (unpaired) electrons. The fourth-order valence-corrected chi connectivity index (χ4v) is 16.3. The maximum atomic E-state index is 2.60. The zero-order valence-corrected chi connectivity index (χ0v) is 44.4. The minimum absolute atomic E-state index is 1.22. The van der Waals surface area contributed by atoms with E-state index in [1.54, 1.807) is 0 Å². The molecule has 0 aromatic heterocycles. The maximum absolute atomic E-state index is 2.60. The van der Waals surface area contributed by atoms with Crippen LogP contribution in [0.3, 0.4) is 0 Å². The van der Waals surface area contributed by atoms with E-state index in [1.807, 2.05) is 0 Å². The molecule has 0 atom stereocenters. The van der Waals surface area contributed by atoms with Gasteiger partial charge in [-0.2, -0.15) is 0 Å². The molecule has 1 aliphatic rings. The highest BCUT2D eigenvalue weighted by atomic mass is 14.3. The highest BCUT2D eigenvalue weighted by molar-refractivity contribution is 6.54. The van der Waals surface area contributed by atoms with Crippen LogP contribution in [-0.4, -0.2) is 0 Å². The largest absolute Gasteiger partial charge is 0.0622 e. The van der Waals surface area contributed by atoms with Crippen molar-refractivity contribution in [2.45, 2.75) is 0 Å². The number of hydrogen-bond acceptors (Lipinski definition) is 0. The standard InChI is InChI=1S/C82H44/c1-4-18-45(19-5-1)49-26-10-12-28-52(49)57-35-34-51(47-22-8-3-9-23-47)70-63-40-36-58-60-38-42-65-76-66(43-39-61(72(60)76)59-37-41-64(73(57)70)75(63)71(58)59)81-79-55-31-15-14-30-54(55)78-77-62-33-17-25-48-24-16-32-56(69(48)62)67(77)44-68(82(78)79)74(80(65)81)53-29-13-11-27-50(53)46-20-6-2-7-21-46/h1-44H. The summed E-state index contributed by atoms with van der Waals surface area (Å²) in [6.07, 6.45) is 0. The molecule has 0 heterocycles. The van der Waals surface area contributed by atoms with Crippen LogP contribution in [0.1, 0.15) is 0 Å². The molecule has 0 nitrogen and oxygen atoms in total. The van der Waals surface area contributed by atoms with Crippen molar-refractivity contribution in [3.63, 3.8) is 0 Å². The molecule has 0 fully saturated rings. The van der Waals surface area contributed by atoms with E-state index in [9.17, 15) is 0 Å². The average molecular weight is 1030 g/mol. The smallest absolute Gasteiger partial charge is 0.000674 e. The molecular formula is C82H44. The van der Waals surface area contributed by atoms with E-state index >= 15 is 0 Å². The minimum atomic E-state index is 1.22. The summed E-state index contributed by atoms with van der Waals surface area (Å²) in [6.45, 7) is 0. The molecule has 0 saturated carbocycles. The minimum Gasteiger partial charge on any atom is -0.0622 e. The Labute approximate surface area is 469 Å². The van der Waals surface area contributed by atoms with Crippen molar-refractivity contribution in [1.82, 2.24) is 0 Å². The molecule has 0 unspecified atom stereocenters. The van der Waals surface area contributed by atoms with Crippen LogP contribution in [0.2, 0.25) is 0 Å². The lowest BCUT2D eigenvalue weighted by Crippen LogP contribution is -1.90. The normalized spacial score (nSPS) is 12.6. The van der Waals surface area contributed by atoms with Gasteiger partial charge in [-0.3, -0.25) is 0 Å². The summed E-state index contributed by atoms with van der Waals surface area (Å²) in [5, 5.41) is 37.3. The van der Waals surface area contributed by atoms with E-state index in [4.69, 9.17) is 0 Å². The molecule has 1 aliphatic carbocycles. The third-order valence-electron chi connectivity index (χ3n) is 19.4. The summed E-state index contributed by atoms with van der Waals surface area (Å²) < 4.78 is 0. The predicted molar refractivity (Wildman–Crippen MR) is 350 cm³/mol. The first kappa shape index (κ1) is 43.2. The summed E-state index contributed by atoms with van der Waals surface area (Å²) in [5.74, 6) is 0. The first-order valence-corrected chi connectivity index (χ1v) is 28.8. The quantitative estimate of drug-likeness (QED) is 0.119. The molecule has 0 heteroatoms. The van der Waals surface area contributed by atoms with Crippen LogP contribution in [-0.2, 0) is 0 Å². The van der Waals surface area contributed by atoms with Crippen molar-refractivity contribution in [2.24, 2.45) is 0 Å². The molecule has 0 bridgehead atoms. The van der Waals surface area contributed by atoms with Gasteiger partial charge in [0.05, 0.1) is 0 Å². The summed E-state index contributed by atoms with van der Waals surface area (Å²) in [4.78, 5) is 0. The fraction of sp³-hybridized carbons (Fsp3) is 0. The Hall–Kier alpha value is -10.7. The van der Waals surface area contributed by atoms with Gasteiger partial charge in [-0.25, -0.2) is 0 Å². The summed E-state index contributed by atoms with van der Waals surface area (Å²) in [5.41, 5.74) is 12.5. The third-order valence-corrected chi connectivity index (χ3v) is 19.4. The van der Waals surface area contributed by atoms with Crippen LogP contribution in [0.25, 0.3) is 185 Å². The molecule has 0 spiro atoms. The highest BCUT2D eigenvalue weighted by Crippen LogP contribution is 2.59. The lowest BCUT2D eigenvalue weighted by molar-refractivity contribution is 1.46. The van der Waals surface area contributed by atoms with Gasteiger partial charge in [-0.05, 0) is 212 Å². The van der Waals surface area contributed by atoms with Gasteiger partial charge in [-0.15, -0.1) is 0 Å². The Bertz CT molecular complexity index is 6170. The Morgan fingerprint density at radius 3 is 1.16 bits per heavy atom. The summed E-state index contributed by atoms with van der Waals surface area (Å²) >= 11 is 0. The highest BCUT2D eigenvalue weighted by Gasteiger charge is 2.30. The van der Waals surface area contributed by atoms with E-state index in [0.29, 0.717) is 0 Å². The van der Waals surface area contributed by atoms with Crippen molar-refractivity contribution in [3.8, 4) is 55.6 Å². The second-order valence-corrected chi connectivity index (χ2v) is 23.1. The summed E-state index contributed by atoms with van der Waals surface area (Å²) in [7, 11) is 0. The van der Waals surface area contributed by atoms with Crippen molar-refractivity contribution < 1.29 is 0 Å². The van der Waals surface area contributed by atoms with Crippen molar-refractivity contribution in [2.75, 3.05) is 0 Å². The lowest BCUT2D eigenvalue weighted by Gasteiger charge is -2.17. The van der Waals surface area contributed by atoms with E-state index in [0.717, 1.165) is 0 Å². The summed E-state index contributed by atoms with van der Waals surface area (Å²) in [6, 6.07) is 101. The number of rotatable bonds is 5. The van der Waals surface area contributed by atoms with E-state index in [2.05, 4.69) is 267 Å². The van der Waals surface area contributed by atoms with Crippen LogP contribution >= 0.6 is 0 Å². The van der Waals surface area contributed by atoms with Gasteiger partial charge < -0.3 is 0 Å². The zero-order valence-electron chi connectivity index (χ0n) is 44.4. The molecule has 19 aromatic rings. The van der Waals surface area contributed by atoms with Crippen LogP contribution in [0, 0.1) is 20.9 Å². The first-order chi connectivity index (χ1) is 40.8. The van der Waals surface area contributed by atoms with Crippen LogP contribution < -0.4 is 0 Å². The van der Waals surface area contributed by atoms with Crippen molar-refractivity contribution >= 4 is 129 Å². The fourth-order valence-electron chi connectivity index (χ4n) is 16.3. The first-order valence-electron chi connectivity index (χ1n) is 28.8. The number of hydrogen-bond donors (Lipinski definition) is 0. The molecule has 82 heavy (non-hydrogen) atoms. The van der Waals surface area contributed by atoms with Gasteiger partial charge in [0.2, 0.25) is 0 Å². The van der Waals surface area contributed by atoms with Crippen LogP contribution in [0.15, 0.2) is 267 Å². The molecule has 0 saturated heterocycles. The second-order valence-electron chi connectivity index (χ2n) is 23.1. The van der Waals surface area contributed by atoms with Crippen molar-refractivity contribution in [1.29, 1.82) is 0 Å². The Balaban J connectivity index is 0.973. The predicted octanol–water partition coefficient (Wildman–Crippen LogP) is 22.5. The molecule has 19 aromatic carbocycles. The van der Waals surface area contributed by atoms with E-state index in [-0.39, 0.29) is 0 Å². The molecule has 0 amide bonds. The zero-order chi connectivity index (χ0) is 53.1. The monoisotopic (exact) mass is 1030 g/mol. The van der Waals surface area contributed by atoms with Crippen LogP contribution in [0.4, 0.5) is 0 Å². The second kappa shape index (κ2) is 15.6. The van der Waals surface area contributed by atoms with Gasteiger partial charge in [0, 0.05) is 0 Å². The van der Waals surface area contributed by atoms with Crippen LogP contribution in [0.5, 0.6) is 0 Å². The Morgan fingerprint density at radius 1 is 0.159 bits per heavy atom. The third kappa shape index (κ3) is 5.29. The molecular weight excluding hydrogens is 985 g/mol. The maximum Gasteiger partial charge on any atom is -0.000674 e. The van der Waals surface area contributed by atoms with E-state index < -0.39 is 0 Å². The van der Waals surface area contributed by atoms with Crippen molar-refractivity contribution in [3.05, 3.63) is 288 Å². The van der Waals surface area contributed by atoms with E-state index in [1.165, 1.54) is 206 Å². The van der Waals surface area contributed by atoms with Gasteiger partial charge in [0.15, 0.2) is 0 Å². The van der Waals surface area contributed by atoms with Gasteiger partial charge in [0.1, 0.15) is 0 Å². The lowest BCUT2D eigenvalue weighted by atomic mass is 9.85. The Morgan fingerprint density at radius 2 is 0.524 bits per heavy atom. The van der Waals surface area contributed by atoms with Gasteiger partial charge in [-0.1, -0.05) is 261 Å². The molecule has 0 N–H and O–H groups in total. The molecule has 0 aliphatic heterocycles. The van der Waals surface area contributed by atoms with Gasteiger partial charge >= 0.3 is 0 Å². The SMILES string of the molecule is c1ccc(-c2ccccc2-c2ccc(-c3ccccc3)c3c2=c2ccc4c5ccc6c7c(ccc(c8ccc=3c2c84)c57)c2c(-c3ccccc3-c3ccccc3)c3cc4c5cccc7cccc(c75)c4c4c5ccccc5c(c62)c34)cc1. The average Bonchev–Trinajstić information content (AvgIpc) is 1.74. The molecule has 372 valence electrons. The van der Waals surface area contributed by atoms with Gasteiger partial charge in [0.25, 0.3) is 0 Å². The number of benzene rings is 16. The Kier molecular flexibility index (Phi) is 8.22. The topological polar surface area (TPSA) is 0 Å².